The standard InChI is InChI=1S/C18H28N2O/c1-14(2)17(13-20-11-5-6-12-20)19(4)18(21)16-9-7-15(3)8-10-16/h7-10,14,17H,5-6,11-13H2,1-4H3. The fourth-order valence-electron chi connectivity index (χ4n) is 3.06. The number of nitrogens with zero attached hydrogens (tertiary/aromatic N) is 2. The van der Waals surface area contributed by atoms with Crippen LogP contribution in [-0.4, -0.2) is 48.4 Å². The summed E-state index contributed by atoms with van der Waals surface area (Å²) in [6.07, 6.45) is 2.58. The Labute approximate surface area is 128 Å². The van der Waals surface area contributed by atoms with E-state index in [0.29, 0.717) is 5.92 Å². The molecule has 3 nitrogen and oxygen atoms in total. The Bertz CT molecular complexity index is 461. The van der Waals surface area contributed by atoms with Gasteiger partial charge in [0.2, 0.25) is 0 Å². The van der Waals surface area contributed by atoms with Crippen LogP contribution < -0.4 is 0 Å². The molecule has 1 aromatic rings. The molecule has 3 heteroatoms. The topological polar surface area (TPSA) is 23.6 Å². The molecule has 1 amide bonds. The monoisotopic (exact) mass is 288 g/mol. The van der Waals surface area contributed by atoms with Crippen molar-refractivity contribution in [3.8, 4) is 0 Å². The van der Waals surface area contributed by atoms with Gasteiger partial charge in [-0.15, -0.1) is 0 Å². The van der Waals surface area contributed by atoms with E-state index in [-0.39, 0.29) is 11.9 Å². The van der Waals surface area contributed by atoms with Gasteiger partial charge in [-0.05, 0) is 50.9 Å². The molecule has 1 atom stereocenters. The van der Waals surface area contributed by atoms with Gasteiger partial charge in [0.1, 0.15) is 0 Å². The molecule has 1 saturated heterocycles. The van der Waals surface area contributed by atoms with Crippen LogP contribution in [0.25, 0.3) is 0 Å². The summed E-state index contributed by atoms with van der Waals surface area (Å²) in [7, 11) is 1.95. The summed E-state index contributed by atoms with van der Waals surface area (Å²) in [6, 6.07) is 8.15. The molecule has 1 aliphatic heterocycles. The van der Waals surface area contributed by atoms with Crippen LogP contribution in [0.5, 0.6) is 0 Å². The van der Waals surface area contributed by atoms with E-state index in [1.807, 2.05) is 43.1 Å². The zero-order valence-corrected chi connectivity index (χ0v) is 13.8. The number of rotatable bonds is 5. The second-order valence-corrected chi connectivity index (χ2v) is 6.60. The largest absolute Gasteiger partial charge is 0.337 e. The maximum atomic E-state index is 12.7. The third-order valence-electron chi connectivity index (χ3n) is 4.53. The SMILES string of the molecule is Cc1ccc(C(=O)N(C)C(CN2CCCC2)C(C)C)cc1. The van der Waals surface area contributed by atoms with Gasteiger partial charge in [-0.3, -0.25) is 4.79 Å². The van der Waals surface area contributed by atoms with E-state index in [1.165, 1.54) is 31.5 Å². The summed E-state index contributed by atoms with van der Waals surface area (Å²) >= 11 is 0. The minimum Gasteiger partial charge on any atom is -0.337 e. The van der Waals surface area contributed by atoms with Crippen molar-refractivity contribution in [2.24, 2.45) is 5.92 Å². The third-order valence-corrected chi connectivity index (χ3v) is 4.53. The zero-order valence-electron chi connectivity index (χ0n) is 13.8. The Morgan fingerprint density at radius 1 is 1.19 bits per heavy atom. The molecule has 0 saturated carbocycles. The average molecular weight is 288 g/mol. The van der Waals surface area contributed by atoms with Crippen molar-refractivity contribution in [2.45, 2.75) is 39.7 Å². The third kappa shape index (κ3) is 4.07. The highest BCUT2D eigenvalue weighted by Gasteiger charge is 2.27. The van der Waals surface area contributed by atoms with Crippen LogP contribution in [0.4, 0.5) is 0 Å². The van der Waals surface area contributed by atoms with Gasteiger partial charge in [-0.1, -0.05) is 31.5 Å². The molecular weight excluding hydrogens is 260 g/mol. The first-order chi connectivity index (χ1) is 9.99. The fourth-order valence-corrected chi connectivity index (χ4v) is 3.06. The minimum absolute atomic E-state index is 0.132. The number of amides is 1. The average Bonchev–Trinajstić information content (AvgIpc) is 2.97. The first-order valence-corrected chi connectivity index (χ1v) is 8.05. The highest BCUT2D eigenvalue weighted by atomic mass is 16.2. The zero-order chi connectivity index (χ0) is 15.4. The highest BCUT2D eigenvalue weighted by Crippen LogP contribution is 2.17. The number of benzene rings is 1. The lowest BCUT2D eigenvalue weighted by atomic mass is 10.0. The molecule has 1 aliphatic rings. The van der Waals surface area contributed by atoms with Gasteiger partial charge in [0, 0.05) is 25.2 Å². The number of hydrogen-bond donors (Lipinski definition) is 0. The normalized spacial score (nSPS) is 17.2. The van der Waals surface area contributed by atoms with Crippen LogP contribution in [0, 0.1) is 12.8 Å². The lowest BCUT2D eigenvalue weighted by Crippen LogP contribution is -2.47. The van der Waals surface area contributed by atoms with Crippen LogP contribution >= 0.6 is 0 Å². The fraction of sp³-hybridized carbons (Fsp3) is 0.611. The second kappa shape index (κ2) is 7.08. The summed E-state index contributed by atoms with van der Waals surface area (Å²) in [4.78, 5) is 17.1. The first kappa shape index (κ1) is 16.0. The van der Waals surface area contributed by atoms with Gasteiger partial charge in [-0.25, -0.2) is 0 Å². The van der Waals surface area contributed by atoms with Gasteiger partial charge in [0.05, 0.1) is 0 Å². The molecular formula is C18H28N2O. The summed E-state index contributed by atoms with van der Waals surface area (Å²) in [6.45, 7) is 9.80. The van der Waals surface area contributed by atoms with E-state index in [0.717, 1.165) is 12.1 Å². The number of carbonyl (C=O) groups is 1. The van der Waals surface area contributed by atoms with Gasteiger partial charge >= 0.3 is 0 Å². The maximum absolute atomic E-state index is 12.7. The van der Waals surface area contributed by atoms with Crippen molar-refractivity contribution >= 4 is 5.91 Å². The molecule has 0 bridgehead atoms. The van der Waals surface area contributed by atoms with Gasteiger partial charge in [-0.2, -0.15) is 0 Å². The van der Waals surface area contributed by atoms with Crippen molar-refractivity contribution in [3.05, 3.63) is 35.4 Å². The van der Waals surface area contributed by atoms with Gasteiger partial charge < -0.3 is 9.80 Å². The van der Waals surface area contributed by atoms with E-state index in [1.54, 1.807) is 0 Å². The molecule has 0 N–H and O–H groups in total. The molecule has 0 spiro atoms. The predicted octanol–water partition coefficient (Wildman–Crippen LogP) is 3.19. The second-order valence-electron chi connectivity index (χ2n) is 6.60. The number of likely N-dealkylation sites (tertiary alicyclic amines) is 1. The van der Waals surface area contributed by atoms with Crippen LogP contribution in [-0.2, 0) is 0 Å². The summed E-state index contributed by atoms with van der Waals surface area (Å²) in [5.74, 6) is 0.595. The van der Waals surface area contributed by atoms with E-state index in [2.05, 4.69) is 18.7 Å². The molecule has 21 heavy (non-hydrogen) atoms. The van der Waals surface area contributed by atoms with Crippen LogP contribution in [0.3, 0.4) is 0 Å². The van der Waals surface area contributed by atoms with E-state index >= 15 is 0 Å². The molecule has 2 rings (SSSR count). The molecule has 0 aromatic heterocycles. The molecule has 0 aliphatic carbocycles. The van der Waals surface area contributed by atoms with Gasteiger partial charge in [0.25, 0.3) is 5.91 Å². The number of aryl methyl sites for hydroxylation is 1. The Morgan fingerprint density at radius 2 is 1.76 bits per heavy atom. The van der Waals surface area contributed by atoms with Crippen LogP contribution in [0.15, 0.2) is 24.3 Å². The van der Waals surface area contributed by atoms with Crippen molar-refractivity contribution < 1.29 is 4.79 Å². The number of likely N-dealkylation sites (N-methyl/N-ethyl adjacent to an activating group) is 1. The smallest absolute Gasteiger partial charge is 0.253 e. The first-order valence-electron chi connectivity index (χ1n) is 8.05. The Kier molecular flexibility index (Phi) is 5.40. The Balaban J connectivity index is 2.07. The Hall–Kier alpha value is -1.35. The van der Waals surface area contributed by atoms with Crippen molar-refractivity contribution in [1.82, 2.24) is 9.80 Å². The summed E-state index contributed by atoms with van der Waals surface area (Å²) in [5.41, 5.74) is 1.97. The lowest BCUT2D eigenvalue weighted by Gasteiger charge is -2.34. The van der Waals surface area contributed by atoms with Crippen LogP contribution in [0.2, 0.25) is 0 Å². The van der Waals surface area contributed by atoms with E-state index < -0.39 is 0 Å². The van der Waals surface area contributed by atoms with E-state index in [9.17, 15) is 4.79 Å². The summed E-state index contributed by atoms with van der Waals surface area (Å²) < 4.78 is 0. The van der Waals surface area contributed by atoms with Crippen molar-refractivity contribution in [1.29, 1.82) is 0 Å². The summed E-state index contributed by atoms with van der Waals surface area (Å²) in [5, 5.41) is 0. The van der Waals surface area contributed by atoms with Crippen molar-refractivity contribution in [2.75, 3.05) is 26.7 Å². The molecule has 0 radical (unpaired) electrons. The molecule has 116 valence electrons. The minimum atomic E-state index is 0.132. The number of carbonyl (C=O) groups excluding carboxylic acids is 1. The Morgan fingerprint density at radius 3 is 2.29 bits per heavy atom. The molecule has 1 fully saturated rings. The van der Waals surface area contributed by atoms with E-state index in [4.69, 9.17) is 0 Å². The van der Waals surface area contributed by atoms with Crippen LogP contribution in [0.1, 0.15) is 42.6 Å². The predicted molar refractivity (Wildman–Crippen MR) is 87.6 cm³/mol. The number of hydrogen-bond acceptors (Lipinski definition) is 2. The molecule has 1 heterocycles. The lowest BCUT2D eigenvalue weighted by molar-refractivity contribution is 0.0641. The highest BCUT2D eigenvalue weighted by molar-refractivity contribution is 5.94. The quantitative estimate of drug-likeness (QED) is 0.831. The van der Waals surface area contributed by atoms with Gasteiger partial charge in [0.15, 0.2) is 0 Å². The molecule has 1 aromatic carbocycles. The molecule has 1 unspecified atom stereocenters. The van der Waals surface area contributed by atoms with Crippen molar-refractivity contribution in [3.63, 3.8) is 0 Å². The maximum Gasteiger partial charge on any atom is 0.253 e.